The van der Waals surface area contributed by atoms with E-state index in [1.165, 1.54) is 0 Å². The van der Waals surface area contributed by atoms with Crippen LogP contribution >= 0.6 is 0 Å². The van der Waals surface area contributed by atoms with Crippen molar-refractivity contribution in [2.45, 2.75) is 13.1 Å². The maximum atomic E-state index is 12.5. The minimum Gasteiger partial charge on any atom is -0.490 e. The van der Waals surface area contributed by atoms with E-state index in [4.69, 9.17) is 9.47 Å². The van der Waals surface area contributed by atoms with Crippen LogP contribution in [0.1, 0.15) is 21.5 Å². The number of alkyl halides is 3. The molecule has 144 valence electrons. The molecular weight excluding hydrogens is 363 g/mol. The molecule has 0 atom stereocenters. The van der Waals surface area contributed by atoms with Gasteiger partial charge in [-0.15, -0.1) is 0 Å². The second kappa shape index (κ2) is 9.07. The van der Waals surface area contributed by atoms with E-state index in [0.29, 0.717) is 5.75 Å². The van der Waals surface area contributed by atoms with Crippen molar-refractivity contribution in [3.8, 4) is 5.75 Å². The Morgan fingerprint density at radius 3 is 2.19 bits per heavy atom. The van der Waals surface area contributed by atoms with Crippen LogP contribution in [0.25, 0.3) is 0 Å². The highest BCUT2D eigenvalue weighted by Gasteiger charge is 2.30. The quantitative estimate of drug-likeness (QED) is 0.590. The van der Waals surface area contributed by atoms with E-state index >= 15 is 0 Å². The van der Waals surface area contributed by atoms with Crippen LogP contribution in [0.3, 0.4) is 0 Å². The van der Waals surface area contributed by atoms with Crippen LogP contribution in [0.4, 0.5) is 13.2 Å². The maximum absolute atomic E-state index is 12.5. The first-order valence-corrected chi connectivity index (χ1v) is 8.06. The van der Waals surface area contributed by atoms with E-state index < -0.39 is 30.2 Å². The standard InChI is InChI=1S/C19H18F3NO4/c1-13-2-8-16(9-3-13)26-10-11-27-17(24)12-23-18(25)14-4-6-15(7-5-14)19(20,21)22/h2-9H,10-12H2,1H3,(H,23,25). The number of hydrogen-bond acceptors (Lipinski definition) is 4. The summed E-state index contributed by atoms with van der Waals surface area (Å²) in [4.78, 5) is 23.4. The van der Waals surface area contributed by atoms with Gasteiger partial charge in [0.05, 0.1) is 5.56 Å². The third kappa shape index (κ3) is 6.65. The summed E-state index contributed by atoms with van der Waals surface area (Å²) in [7, 11) is 0. The lowest BCUT2D eigenvalue weighted by Crippen LogP contribution is -2.31. The minimum absolute atomic E-state index is 0.00284. The van der Waals surface area contributed by atoms with Crippen molar-refractivity contribution in [2.24, 2.45) is 0 Å². The molecule has 8 heteroatoms. The Morgan fingerprint density at radius 2 is 1.59 bits per heavy atom. The summed E-state index contributed by atoms with van der Waals surface area (Å²) in [6, 6.07) is 11.0. The molecule has 0 heterocycles. The van der Waals surface area contributed by atoms with Gasteiger partial charge in [-0.1, -0.05) is 17.7 Å². The summed E-state index contributed by atoms with van der Waals surface area (Å²) in [5.74, 6) is -0.702. The number of rotatable bonds is 7. The van der Waals surface area contributed by atoms with Crippen molar-refractivity contribution >= 4 is 11.9 Å². The monoisotopic (exact) mass is 381 g/mol. The lowest BCUT2D eigenvalue weighted by Gasteiger charge is -2.09. The Balaban J connectivity index is 1.68. The second-order valence-corrected chi connectivity index (χ2v) is 5.64. The van der Waals surface area contributed by atoms with Crippen LogP contribution < -0.4 is 10.1 Å². The summed E-state index contributed by atoms with van der Waals surface area (Å²) in [5.41, 5.74) is 0.253. The molecule has 0 aliphatic rings. The predicted octanol–water partition coefficient (Wildman–Crippen LogP) is 3.37. The first kappa shape index (κ1) is 20.3. The van der Waals surface area contributed by atoms with Gasteiger partial charge in [-0.3, -0.25) is 9.59 Å². The fourth-order valence-corrected chi connectivity index (χ4v) is 2.07. The highest BCUT2D eigenvalue weighted by atomic mass is 19.4. The number of carbonyl (C=O) groups is 2. The van der Waals surface area contributed by atoms with E-state index in [0.717, 1.165) is 29.8 Å². The highest BCUT2D eigenvalue weighted by Crippen LogP contribution is 2.29. The molecule has 0 unspecified atom stereocenters. The van der Waals surface area contributed by atoms with Crippen molar-refractivity contribution in [3.05, 3.63) is 65.2 Å². The summed E-state index contributed by atoms with van der Waals surface area (Å²) < 4.78 is 47.7. The number of amides is 1. The number of carbonyl (C=O) groups excluding carboxylic acids is 2. The SMILES string of the molecule is Cc1ccc(OCCOC(=O)CNC(=O)c2ccc(C(F)(F)F)cc2)cc1. The molecule has 27 heavy (non-hydrogen) atoms. The fraction of sp³-hybridized carbons (Fsp3) is 0.263. The van der Waals surface area contributed by atoms with E-state index in [1.54, 1.807) is 12.1 Å². The Labute approximate surface area is 154 Å². The maximum Gasteiger partial charge on any atom is 0.416 e. The predicted molar refractivity (Wildman–Crippen MR) is 91.4 cm³/mol. The lowest BCUT2D eigenvalue weighted by atomic mass is 10.1. The zero-order chi connectivity index (χ0) is 19.9. The number of esters is 1. The van der Waals surface area contributed by atoms with Crippen LogP contribution in [-0.4, -0.2) is 31.6 Å². The lowest BCUT2D eigenvalue weighted by molar-refractivity contribution is -0.143. The van der Waals surface area contributed by atoms with Crippen LogP contribution in [0.2, 0.25) is 0 Å². The van der Waals surface area contributed by atoms with E-state index in [-0.39, 0.29) is 18.8 Å². The number of ether oxygens (including phenoxy) is 2. The number of benzene rings is 2. The molecule has 1 N–H and O–H groups in total. The summed E-state index contributed by atoms with van der Waals surface area (Å²) in [5, 5.41) is 2.29. The van der Waals surface area contributed by atoms with Gasteiger partial charge < -0.3 is 14.8 Å². The van der Waals surface area contributed by atoms with Crippen LogP contribution in [0.5, 0.6) is 5.75 Å². The zero-order valence-electron chi connectivity index (χ0n) is 14.5. The Bertz CT molecular complexity index is 771. The van der Waals surface area contributed by atoms with Gasteiger partial charge in [-0.05, 0) is 43.3 Å². The molecule has 0 aliphatic heterocycles. The highest BCUT2D eigenvalue weighted by molar-refractivity contribution is 5.95. The van der Waals surface area contributed by atoms with Gasteiger partial charge in [0.25, 0.3) is 5.91 Å². The van der Waals surface area contributed by atoms with Crippen molar-refractivity contribution in [2.75, 3.05) is 19.8 Å². The van der Waals surface area contributed by atoms with Crippen molar-refractivity contribution in [3.63, 3.8) is 0 Å². The average Bonchev–Trinajstić information content (AvgIpc) is 2.64. The van der Waals surface area contributed by atoms with Gasteiger partial charge in [0.15, 0.2) is 0 Å². The normalized spacial score (nSPS) is 11.0. The summed E-state index contributed by atoms with van der Waals surface area (Å²) in [6.07, 6.45) is -4.47. The molecule has 0 saturated heterocycles. The summed E-state index contributed by atoms with van der Waals surface area (Å²) in [6.45, 7) is 1.71. The molecule has 2 aromatic rings. The van der Waals surface area contributed by atoms with Gasteiger partial charge in [-0.25, -0.2) is 0 Å². The number of halogens is 3. The van der Waals surface area contributed by atoms with Gasteiger partial charge in [0, 0.05) is 5.56 Å². The molecule has 0 fully saturated rings. The Hall–Kier alpha value is -3.03. The van der Waals surface area contributed by atoms with E-state index in [1.807, 2.05) is 19.1 Å². The van der Waals surface area contributed by atoms with Gasteiger partial charge >= 0.3 is 12.1 Å². The largest absolute Gasteiger partial charge is 0.490 e. The van der Waals surface area contributed by atoms with Crippen molar-refractivity contribution in [1.29, 1.82) is 0 Å². The molecule has 1 amide bonds. The topological polar surface area (TPSA) is 64.6 Å². The van der Waals surface area contributed by atoms with Crippen LogP contribution in [-0.2, 0) is 15.7 Å². The average molecular weight is 381 g/mol. The summed E-state index contributed by atoms with van der Waals surface area (Å²) >= 11 is 0. The number of nitrogens with one attached hydrogen (secondary N) is 1. The van der Waals surface area contributed by atoms with Gasteiger partial charge in [0.1, 0.15) is 25.5 Å². The third-order valence-electron chi connectivity index (χ3n) is 3.50. The first-order valence-electron chi connectivity index (χ1n) is 8.06. The van der Waals surface area contributed by atoms with E-state index in [2.05, 4.69) is 5.32 Å². The smallest absolute Gasteiger partial charge is 0.416 e. The third-order valence-corrected chi connectivity index (χ3v) is 3.50. The molecule has 0 bridgehead atoms. The second-order valence-electron chi connectivity index (χ2n) is 5.64. The first-order chi connectivity index (χ1) is 12.8. The molecule has 2 rings (SSSR count). The molecule has 0 aromatic heterocycles. The van der Waals surface area contributed by atoms with Gasteiger partial charge in [0.2, 0.25) is 0 Å². The molecule has 0 radical (unpaired) electrons. The number of hydrogen-bond donors (Lipinski definition) is 1. The minimum atomic E-state index is -4.47. The van der Waals surface area contributed by atoms with Crippen LogP contribution in [0.15, 0.2) is 48.5 Å². The molecule has 0 aliphatic carbocycles. The molecule has 5 nitrogen and oxygen atoms in total. The molecular formula is C19H18F3NO4. The molecule has 0 saturated carbocycles. The molecule has 0 spiro atoms. The molecule has 2 aromatic carbocycles. The van der Waals surface area contributed by atoms with Crippen molar-refractivity contribution < 1.29 is 32.2 Å². The van der Waals surface area contributed by atoms with Gasteiger partial charge in [-0.2, -0.15) is 13.2 Å². The number of aryl methyl sites for hydroxylation is 1. The zero-order valence-corrected chi connectivity index (χ0v) is 14.5. The Morgan fingerprint density at radius 1 is 0.963 bits per heavy atom. The van der Waals surface area contributed by atoms with E-state index in [9.17, 15) is 22.8 Å². The Kier molecular flexibility index (Phi) is 6.81. The van der Waals surface area contributed by atoms with Crippen LogP contribution in [0, 0.1) is 6.92 Å². The van der Waals surface area contributed by atoms with Crippen molar-refractivity contribution in [1.82, 2.24) is 5.32 Å². The fourth-order valence-electron chi connectivity index (χ4n) is 2.07.